The Kier molecular flexibility index (Phi) is 7.10. The molecule has 10 nitrogen and oxygen atoms in total. The standard InChI is InChI=1S/C29H30N2O8/c1-31-27(16-6-8-20(34-2)22(12-16)35-3)26(18-14-23(36-4)24(37-5)15-19(18)29(31)33)28(32)30-17-7-9-21-25(13-17)39-11-10-38-21/h6-9,12-15,26-27H,10-11H2,1-5H3,(H,30,32)/t26-,27+/m0/s1. The number of carbonyl (C=O) groups excluding carboxylic acids is 2. The van der Waals surface area contributed by atoms with E-state index >= 15 is 0 Å². The van der Waals surface area contributed by atoms with Crippen molar-refractivity contribution in [2.45, 2.75) is 12.0 Å². The van der Waals surface area contributed by atoms with Crippen molar-refractivity contribution in [2.24, 2.45) is 0 Å². The van der Waals surface area contributed by atoms with Crippen molar-refractivity contribution in [2.75, 3.05) is 54.0 Å². The Morgan fingerprint density at radius 2 is 1.46 bits per heavy atom. The van der Waals surface area contributed by atoms with Crippen molar-refractivity contribution < 1.29 is 38.0 Å². The van der Waals surface area contributed by atoms with Crippen LogP contribution in [0.2, 0.25) is 0 Å². The van der Waals surface area contributed by atoms with Crippen LogP contribution < -0.4 is 33.7 Å². The maximum absolute atomic E-state index is 14.1. The molecule has 204 valence electrons. The highest BCUT2D eigenvalue weighted by Gasteiger charge is 2.44. The largest absolute Gasteiger partial charge is 0.493 e. The molecule has 0 saturated heterocycles. The molecule has 0 aliphatic carbocycles. The first-order chi connectivity index (χ1) is 18.9. The number of ether oxygens (including phenoxy) is 6. The second-order valence-electron chi connectivity index (χ2n) is 9.10. The molecular weight excluding hydrogens is 504 g/mol. The number of methoxy groups -OCH3 is 4. The predicted molar refractivity (Wildman–Crippen MR) is 143 cm³/mol. The Hall–Kier alpha value is -4.60. The Balaban J connectivity index is 1.63. The van der Waals surface area contributed by atoms with Crippen LogP contribution >= 0.6 is 0 Å². The maximum Gasteiger partial charge on any atom is 0.254 e. The van der Waals surface area contributed by atoms with E-state index in [1.54, 1.807) is 61.5 Å². The molecule has 2 heterocycles. The van der Waals surface area contributed by atoms with Gasteiger partial charge in [0.05, 0.1) is 40.4 Å². The van der Waals surface area contributed by atoms with Crippen molar-refractivity contribution in [3.8, 4) is 34.5 Å². The SMILES string of the molecule is COc1ccc([C@@H]2[C@@H](C(=O)Nc3ccc4c(c3)OCCO4)c3cc(OC)c(OC)cc3C(=O)N2C)cc1OC. The van der Waals surface area contributed by atoms with Crippen LogP contribution in [0.1, 0.15) is 33.4 Å². The van der Waals surface area contributed by atoms with Gasteiger partial charge in [-0.3, -0.25) is 9.59 Å². The van der Waals surface area contributed by atoms with E-state index < -0.39 is 12.0 Å². The summed E-state index contributed by atoms with van der Waals surface area (Å²) >= 11 is 0. The second kappa shape index (κ2) is 10.6. The van der Waals surface area contributed by atoms with Crippen LogP contribution in [0, 0.1) is 0 Å². The number of likely N-dealkylation sites (N-methyl/N-ethyl adjacent to an activating group) is 1. The lowest BCUT2D eigenvalue weighted by atomic mass is 9.79. The van der Waals surface area contributed by atoms with Crippen molar-refractivity contribution in [1.29, 1.82) is 0 Å². The average Bonchev–Trinajstić information content (AvgIpc) is 2.97. The van der Waals surface area contributed by atoms with E-state index in [0.29, 0.717) is 70.1 Å². The number of rotatable bonds is 7. The molecule has 0 unspecified atom stereocenters. The van der Waals surface area contributed by atoms with Crippen molar-refractivity contribution in [3.63, 3.8) is 0 Å². The van der Waals surface area contributed by atoms with Crippen molar-refractivity contribution in [1.82, 2.24) is 4.90 Å². The Bertz CT molecular complexity index is 1420. The van der Waals surface area contributed by atoms with E-state index in [4.69, 9.17) is 28.4 Å². The number of benzene rings is 3. The van der Waals surface area contributed by atoms with Gasteiger partial charge in [0.15, 0.2) is 34.5 Å². The summed E-state index contributed by atoms with van der Waals surface area (Å²) in [5.41, 5.74) is 2.11. The van der Waals surface area contributed by atoms with Gasteiger partial charge in [-0.2, -0.15) is 0 Å². The van der Waals surface area contributed by atoms with Gasteiger partial charge in [-0.15, -0.1) is 0 Å². The third kappa shape index (κ3) is 4.62. The molecule has 10 heteroatoms. The summed E-state index contributed by atoms with van der Waals surface area (Å²) in [6.07, 6.45) is 0. The second-order valence-corrected chi connectivity index (χ2v) is 9.10. The van der Waals surface area contributed by atoms with E-state index in [-0.39, 0.29) is 11.8 Å². The topological polar surface area (TPSA) is 105 Å². The van der Waals surface area contributed by atoms with Gasteiger partial charge in [0.25, 0.3) is 5.91 Å². The molecule has 3 aromatic rings. The van der Waals surface area contributed by atoms with Crippen LogP contribution in [0.3, 0.4) is 0 Å². The van der Waals surface area contributed by atoms with Crippen LogP contribution in [-0.4, -0.2) is 65.4 Å². The number of hydrogen-bond donors (Lipinski definition) is 1. The number of nitrogens with zero attached hydrogens (tertiary/aromatic N) is 1. The summed E-state index contributed by atoms with van der Waals surface area (Å²) in [5.74, 6) is 1.62. The molecule has 0 spiro atoms. The van der Waals surface area contributed by atoms with Crippen molar-refractivity contribution in [3.05, 3.63) is 65.2 Å². The third-order valence-electron chi connectivity index (χ3n) is 7.02. The zero-order valence-electron chi connectivity index (χ0n) is 22.4. The summed E-state index contributed by atoms with van der Waals surface area (Å²) in [7, 11) is 7.77. The van der Waals surface area contributed by atoms with Crippen LogP contribution in [0.15, 0.2) is 48.5 Å². The van der Waals surface area contributed by atoms with E-state index in [1.807, 2.05) is 6.07 Å². The maximum atomic E-state index is 14.1. The van der Waals surface area contributed by atoms with Gasteiger partial charge in [-0.05, 0) is 47.5 Å². The molecule has 2 aliphatic heterocycles. The lowest BCUT2D eigenvalue weighted by Crippen LogP contribution is -2.44. The highest BCUT2D eigenvalue weighted by Crippen LogP contribution is 2.47. The number of fused-ring (bicyclic) bond motifs is 2. The lowest BCUT2D eigenvalue weighted by molar-refractivity contribution is -0.119. The van der Waals surface area contributed by atoms with Gasteiger partial charge in [0.2, 0.25) is 5.91 Å². The van der Waals surface area contributed by atoms with E-state index in [0.717, 1.165) is 0 Å². The lowest BCUT2D eigenvalue weighted by Gasteiger charge is -2.40. The van der Waals surface area contributed by atoms with Gasteiger partial charge in [-0.25, -0.2) is 0 Å². The molecule has 2 amide bonds. The number of amides is 2. The van der Waals surface area contributed by atoms with E-state index in [2.05, 4.69) is 5.32 Å². The zero-order chi connectivity index (χ0) is 27.7. The first-order valence-electron chi connectivity index (χ1n) is 12.4. The van der Waals surface area contributed by atoms with Gasteiger partial charge in [0, 0.05) is 24.4 Å². The van der Waals surface area contributed by atoms with Gasteiger partial charge < -0.3 is 38.6 Å². The predicted octanol–water partition coefficient (Wildman–Crippen LogP) is 4.04. The number of anilines is 1. The quantitative estimate of drug-likeness (QED) is 0.484. The van der Waals surface area contributed by atoms with Crippen LogP contribution in [-0.2, 0) is 4.79 Å². The highest BCUT2D eigenvalue weighted by atomic mass is 16.6. The zero-order valence-corrected chi connectivity index (χ0v) is 22.4. The summed E-state index contributed by atoms with van der Waals surface area (Å²) in [6.45, 7) is 0.895. The molecule has 2 aliphatic rings. The van der Waals surface area contributed by atoms with E-state index in [9.17, 15) is 9.59 Å². The minimum absolute atomic E-state index is 0.255. The molecule has 5 rings (SSSR count). The van der Waals surface area contributed by atoms with Gasteiger partial charge in [-0.1, -0.05) is 6.07 Å². The Morgan fingerprint density at radius 1 is 0.821 bits per heavy atom. The Labute approximate surface area is 226 Å². The minimum Gasteiger partial charge on any atom is -0.493 e. The van der Waals surface area contributed by atoms with Crippen LogP contribution in [0.5, 0.6) is 34.5 Å². The summed E-state index contributed by atoms with van der Waals surface area (Å²) in [5, 5.41) is 3.01. The molecule has 39 heavy (non-hydrogen) atoms. The normalized spacial score (nSPS) is 17.7. The van der Waals surface area contributed by atoms with Crippen LogP contribution in [0.25, 0.3) is 0 Å². The summed E-state index contributed by atoms with van der Waals surface area (Å²) in [4.78, 5) is 29.3. The number of hydrogen-bond acceptors (Lipinski definition) is 8. The average molecular weight is 535 g/mol. The fourth-order valence-electron chi connectivity index (χ4n) is 5.13. The summed E-state index contributed by atoms with van der Waals surface area (Å²) < 4.78 is 33.2. The monoisotopic (exact) mass is 534 g/mol. The van der Waals surface area contributed by atoms with Crippen molar-refractivity contribution >= 4 is 17.5 Å². The fraction of sp³-hybridized carbons (Fsp3) is 0.310. The molecule has 1 N–H and O–H groups in total. The molecule has 0 fully saturated rings. The number of carbonyl (C=O) groups is 2. The van der Waals surface area contributed by atoms with E-state index in [1.165, 1.54) is 21.3 Å². The van der Waals surface area contributed by atoms with Gasteiger partial charge >= 0.3 is 0 Å². The Morgan fingerprint density at radius 3 is 2.15 bits per heavy atom. The van der Waals surface area contributed by atoms with Gasteiger partial charge in [0.1, 0.15) is 13.2 Å². The molecule has 0 aromatic heterocycles. The number of nitrogens with one attached hydrogen (secondary N) is 1. The molecule has 3 aromatic carbocycles. The summed E-state index contributed by atoms with van der Waals surface area (Å²) in [6, 6.07) is 13.2. The minimum atomic E-state index is -0.811. The first-order valence-corrected chi connectivity index (χ1v) is 12.4. The van der Waals surface area contributed by atoms with Crippen LogP contribution in [0.4, 0.5) is 5.69 Å². The molecular formula is C29H30N2O8. The molecule has 2 atom stereocenters. The molecule has 0 radical (unpaired) electrons. The highest BCUT2D eigenvalue weighted by molar-refractivity contribution is 6.05. The smallest absolute Gasteiger partial charge is 0.254 e. The third-order valence-corrected chi connectivity index (χ3v) is 7.02. The first kappa shape index (κ1) is 26.0. The fourth-order valence-corrected chi connectivity index (χ4v) is 5.13. The molecule has 0 saturated carbocycles. The molecule has 0 bridgehead atoms.